The van der Waals surface area contributed by atoms with E-state index in [1.807, 2.05) is 4.90 Å². The number of hydrogen-bond acceptors (Lipinski definition) is 2. The Kier molecular flexibility index (Phi) is 6.05. The zero-order valence-corrected chi connectivity index (χ0v) is 14.1. The van der Waals surface area contributed by atoms with Crippen molar-refractivity contribution in [1.82, 2.24) is 9.80 Å². The Morgan fingerprint density at radius 2 is 1.67 bits per heavy atom. The fraction of sp³-hybridized carbons (Fsp3) is 0.875. The van der Waals surface area contributed by atoms with Gasteiger partial charge in [-0.1, -0.05) is 27.7 Å². The molecule has 1 atom stereocenters. The summed E-state index contributed by atoms with van der Waals surface area (Å²) in [5.74, 6) is -0.160. The van der Waals surface area contributed by atoms with Gasteiger partial charge in [0.1, 0.15) is 5.54 Å². The molecule has 1 heterocycles. The summed E-state index contributed by atoms with van der Waals surface area (Å²) in [5, 5.41) is 9.55. The molecule has 1 fully saturated rings. The third-order valence-electron chi connectivity index (χ3n) is 4.02. The molecule has 0 aromatic carbocycles. The Balaban J connectivity index is 2.96. The lowest BCUT2D eigenvalue weighted by Crippen LogP contribution is -2.61. The van der Waals surface area contributed by atoms with E-state index in [-0.39, 0.29) is 6.03 Å². The van der Waals surface area contributed by atoms with Gasteiger partial charge in [0.2, 0.25) is 0 Å². The Hall–Kier alpha value is -1.26. The number of carboxylic acids is 1. The summed E-state index contributed by atoms with van der Waals surface area (Å²) in [4.78, 5) is 27.9. The molecular formula is C16H30N2O3. The molecule has 1 unspecified atom stereocenters. The third-order valence-corrected chi connectivity index (χ3v) is 4.02. The predicted molar refractivity (Wildman–Crippen MR) is 83.2 cm³/mol. The van der Waals surface area contributed by atoms with Gasteiger partial charge in [0.05, 0.1) is 0 Å². The molecule has 5 heteroatoms. The Bertz CT molecular complexity index is 372. The van der Waals surface area contributed by atoms with Gasteiger partial charge in [-0.15, -0.1) is 0 Å². The van der Waals surface area contributed by atoms with Crippen LogP contribution in [0.5, 0.6) is 0 Å². The molecule has 5 nitrogen and oxygen atoms in total. The SMILES string of the molecule is CC(C)CN(CC(C)C)C(=O)N1CCCCC1(C)C(=O)O. The van der Waals surface area contributed by atoms with E-state index in [0.717, 1.165) is 12.8 Å². The minimum absolute atomic E-state index is 0.123. The average Bonchev–Trinajstić information content (AvgIpc) is 2.36. The molecule has 2 amide bonds. The minimum Gasteiger partial charge on any atom is -0.480 e. The number of amides is 2. The summed E-state index contributed by atoms with van der Waals surface area (Å²) in [7, 11) is 0. The van der Waals surface area contributed by atoms with Crippen molar-refractivity contribution in [2.75, 3.05) is 19.6 Å². The first-order valence-corrected chi connectivity index (χ1v) is 7.98. The van der Waals surface area contributed by atoms with Crippen molar-refractivity contribution in [3.8, 4) is 0 Å². The highest BCUT2D eigenvalue weighted by Crippen LogP contribution is 2.29. The highest BCUT2D eigenvalue weighted by molar-refractivity contribution is 5.86. The van der Waals surface area contributed by atoms with Gasteiger partial charge in [-0.05, 0) is 38.0 Å². The number of carbonyl (C=O) groups excluding carboxylic acids is 1. The van der Waals surface area contributed by atoms with E-state index in [1.54, 1.807) is 11.8 Å². The topological polar surface area (TPSA) is 60.9 Å². The lowest BCUT2D eigenvalue weighted by atomic mass is 9.88. The number of likely N-dealkylation sites (tertiary alicyclic amines) is 1. The fourth-order valence-electron chi connectivity index (χ4n) is 2.93. The molecule has 0 aromatic rings. The third kappa shape index (κ3) is 4.35. The number of carbonyl (C=O) groups is 2. The van der Waals surface area contributed by atoms with Crippen LogP contribution < -0.4 is 0 Å². The first kappa shape index (κ1) is 17.8. The lowest BCUT2D eigenvalue weighted by Gasteiger charge is -2.44. The molecule has 1 saturated heterocycles. The first-order valence-electron chi connectivity index (χ1n) is 7.98. The summed E-state index contributed by atoms with van der Waals surface area (Å²) in [5.41, 5.74) is -1.07. The van der Waals surface area contributed by atoms with E-state index in [2.05, 4.69) is 27.7 Å². The zero-order chi connectivity index (χ0) is 16.2. The Labute approximate surface area is 128 Å². The van der Waals surface area contributed by atoms with Crippen LogP contribution in [0.4, 0.5) is 4.79 Å². The minimum atomic E-state index is -1.07. The number of rotatable bonds is 5. The van der Waals surface area contributed by atoms with Crippen molar-refractivity contribution >= 4 is 12.0 Å². The quantitative estimate of drug-likeness (QED) is 0.848. The molecule has 1 aliphatic rings. The molecule has 0 aliphatic carbocycles. The van der Waals surface area contributed by atoms with E-state index in [1.165, 1.54) is 0 Å². The highest BCUT2D eigenvalue weighted by atomic mass is 16.4. The van der Waals surface area contributed by atoms with E-state index in [0.29, 0.717) is 37.9 Å². The van der Waals surface area contributed by atoms with Gasteiger partial charge in [-0.2, -0.15) is 0 Å². The van der Waals surface area contributed by atoms with Crippen LogP contribution in [-0.4, -0.2) is 52.1 Å². The van der Waals surface area contributed by atoms with Crippen LogP contribution in [0, 0.1) is 11.8 Å². The summed E-state index contributed by atoms with van der Waals surface area (Å²) in [6.07, 6.45) is 2.28. The predicted octanol–water partition coefficient (Wildman–Crippen LogP) is 3.05. The van der Waals surface area contributed by atoms with E-state index in [9.17, 15) is 14.7 Å². The van der Waals surface area contributed by atoms with Crippen molar-refractivity contribution in [3.05, 3.63) is 0 Å². The number of urea groups is 1. The van der Waals surface area contributed by atoms with Crippen molar-refractivity contribution < 1.29 is 14.7 Å². The van der Waals surface area contributed by atoms with Gasteiger partial charge in [-0.3, -0.25) is 0 Å². The summed E-state index contributed by atoms with van der Waals surface area (Å²) >= 11 is 0. The molecular weight excluding hydrogens is 268 g/mol. The maximum Gasteiger partial charge on any atom is 0.329 e. The second kappa shape index (κ2) is 7.14. The normalized spacial score (nSPS) is 22.7. The molecule has 1 rings (SSSR count). The number of carboxylic acid groups (broad SMARTS) is 1. The molecule has 0 saturated carbocycles. The Morgan fingerprint density at radius 3 is 2.10 bits per heavy atom. The van der Waals surface area contributed by atoms with Gasteiger partial charge >= 0.3 is 12.0 Å². The van der Waals surface area contributed by atoms with Gasteiger partial charge < -0.3 is 14.9 Å². The van der Waals surface area contributed by atoms with Gasteiger partial charge in [0, 0.05) is 19.6 Å². The molecule has 1 N–H and O–H groups in total. The van der Waals surface area contributed by atoms with Crippen LogP contribution in [0.2, 0.25) is 0 Å². The zero-order valence-electron chi connectivity index (χ0n) is 14.1. The fourth-order valence-corrected chi connectivity index (χ4v) is 2.93. The van der Waals surface area contributed by atoms with E-state index >= 15 is 0 Å². The van der Waals surface area contributed by atoms with Crippen LogP contribution in [0.25, 0.3) is 0 Å². The summed E-state index contributed by atoms with van der Waals surface area (Å²) in [6.45, 7) is 11.9. The number of nitrogens with zero attached hydrogens (tertiary/aromatic N) is 2. The van der Waals surface area contributed by atoms with Crippen LogP contribution in [0.15, 0.2) is 0 Å². The number of hydrogen-bond donors (Lipinski definition) is 1. The van der Waals surface area contributed by atoms with Crippen molar-refractivity contribution in [2.45, 2.75) is 59.4 Å². The van der Waals surface area contributed by atoms with Crippen molar-refractivity contribution in [2.24, 2.45) is 11.8 Å². The lowest BCUT2D eigenvalue weighted by molar-refractivity contribution is -0.150. The molecule has 0 aromatic heterocycles. The molecule has 0 spiro atoms. The van der Waals surface area contributed by atoms with Crippen LogP contribution in [0.1, 0.15) is 53.9 Å². The average molecular weight is 298 g/mol. The standard InChI is InChI=1S/C16H30N2O3/c1-12(2)10-17(11-13(3)4)15(21)18-9-7-6-8-16(18,5)14(19)20/h12-13H,6-11H2,1-5H3,(H,19,20). The largest absolute Gasteiger partial charge is 0.480 e. The molecule has 21 heavy (non-hydrogen) atoms. The van der Waals surface area contributed by atoms with Crippen LogP contribution >= 0.6 is 0 Å². The van der Waals surface area contributed by atoms with Crippen LogP contribution in [0.3, 0.4) is 0 Å². The smallest absolute Gasteiger partial charge is 0.329 e. The van der Waals surface area contributed by atoms with Gasteiger partial charge in [0.25, 0.3) is 0 Å². The second-order valence-electron chi connectivity index (χ2n) is 7.16. The van der Waals surface area contributed by atoms with E-state index < -0.39 is 11.5 Å². The molecule has 0 radical (unpaired) electrons. The molecule has 1 aliphatic heterocycles. The first-order chi connectivity index (χ1) is 9.68. The highest BCUT2D eigenvalue weighted by Gasteiger charge is 2.45. The monoisotopic (exact) mass is 298 g/mol. The molecule has 122 valence electrons. The number of aliphatic carboxylic acids is 1. The van der Waals surface area contributed by atoms with Crippen molar-refractivity contribution in [1.29, 1.82) is 0 Å². The second-order valence-corrected chi connectivity index (χ2v) is 7.16. The van der Waals surface area contributed by atoms with Gasteiger partial charge in [-0.25, -0.2) is 9.59 Å². The van der Waals surface area contributed by atoms with Crippen molar-refractivity contribution in [3.63, 3.8) is 0 Å². The summed E-state index contributed by atoms with van der Waals surface area (Å²) < 4.78 is 0. The summed E-state index contributed by atoms with van der Waals surface area (Å²) in [6, 6.07) is -0.123. The van der Waals surface area contributed by atoms with E-state index in [4.69, 9.17) is 0 Å². The maximum absolute atomic E-state index is 12.9. The maximum atomic E-state index is 12.9. The Morgan fingerprint density at radius 1 is 1.14 bits per heavy atom. The number of piperidine rings is 1. The van der Waals surface area contributed by atoms with Gasteiger partial charge in [0.15, 0.2) is 0 Å². The van der Waals surface area contributed by atoms with Crippen LogP contribution in [-0.2, 0) is 4.79 Å². The molecule has 0 bridgehead atoms.